The fourth-order valence-electron chi connectivity index (χ4n) is 1.58. The fourth-order valence-corrected chi connectivity index (χ4v) is 2.19. The van der Waals surface area contributed by atoms with Crippen LogP contribution in [0.2, 0.25) is 0 Å². The smallest absolute Gasteiger partial charge is 0.301 e. The summed E-state index contributed by atoms with van der Waals surface area (Å²) in [5.41, 5.74) is 0.456. The third-order valence-corrected chi connectivity index (χ3v) is 4.14. The number of hydrogen-bond donors (Lipinski definition) is 2. The summed E-state index contributed by atoms with van der Waals surface area (Å²) in [6.45, 7) is 1.95. The molecule has 0 radical (unpaired) electrons. The highest BCUT2D eigenvalue weighted by molar-refractivity contribution is 7.90. The van der Waals surface area contributed by atoms with E-state index in [0.717, 1.165) is 23.2 Å². The van der Waals surface area contributed by atoms with E-state index in [1.807, 2.05) is 0 Å². The second-order valence-corrected chi connectivity index (χ2v) is 6.35. The van der Waals surface area contributed by atoms with Gasteiger partial charge in [-0.1, -0.05) is 6.07 Å². The molecule has 0 atom stereocenters. The molecule has 0 unspecified atom stereocenters. The molecular weight excluding hydrogens is 280 g/mol. The molecule has 1 aromatic rings. The van der Waals surface area contributed by atoms with Crippen molar-refractivity contribution >= 4 is 21.7 Å². The highest BCUT2D eigenvalue weighted by Crippen LogP contribution is 2.18. The molecule has 0 bridgehead atoms. The zero-order valence-corrected chi connectivity index (χ0v) is 12.3. The van der Waals surface area contributed by atoms with Crippen LogP contribution in [0, 0.1) is 0 Å². The van der Waals surface area contributed by atoms with E-state index >= 15 is 0 Å². The van der Waals surface area contributed by atoms with Crippen LogP contribution in [0.4, 0.5) is 5.69 Å². The van der Waals surface area contributed by atoms with Gasteiger partial charge in [-0.25, -0.2) is 0 Å². The van der Waals surface area contributed by atoms with Gasteiger partial charge in [0.25, 0.3) is 0 Å². The molecule has 8 heteroatoms. The molecule has 2 rings (SSSR count). The van der Waals surface area contributed by atoms with Crippen LogP contribution < -0.4 is 14.8 Å². The predicted molar refractivity (Wildman–Crippen MR) is 78.5 cm³/mol. The SMILES string of the molecule is CN(C)S(=O)(=O)Nc1cccc(OCC2=NCCN2)c1. The molecule has 1 aromatic carbocycles. The van der Waals surface area contributed by atoms with Crippen molar-refractivity contribution < 1.29 is 13.2 Å². The minimum Gasteiger partial charge on any atom is -0.486 e. The molecule has 0 saturated carbocycles. The van der Waals surface area contributed by atoms with Gasteiger partial charge < -0.3 is 10.1 Å². The summed E-state index contributed by atoms with van der Waals surface area (Å²) in [7, 11) is -0.577. The lowest BCUT2D eigenvalue weighted by molar-refractivity contribution is 0.374. The van der Waals surface area contributed by atoms with Crippen LogP contribution in [-0.4, -0.2) is 52.4 Å². The Bertz CT molecular complexity index is 598. The van der Waals surface area contributed by atoms with Crippen LogP contribution in [-0.2, 0) is 10.2 Å². The Hall–Kier alpha value is -1.80. The van der Waals surface area contributed by atoms with Crippen molar-refractivity contribution in [3.8, 4) is 5.75 Å². The van der Waals surface area contributed by atoms with Crippen molar-refractivity contribution in [2.45, 2.75) is 0 Å². The van der Waals surface area contributed by atoms with E-state index in [9.17, 15) is 8.42 Å². The monoisotopic (exact) mass is 298 g/mol. The van der Waals surface area contributed by atoms with Crippen molar-refractivity contribution in [2.24, 2.45) is 4.99 Å². The number of rotatable bonds is 6. The molecule has 0 saturated heterocycles. The molecule has 110 valence electrons. The van der Waals surface area contributed by atoms with Gasteiger partial charge in [-0.2, -0.15) is 12.7 Å². The summed E-state index contributed by atoms with van der Waals surface area (Å²) in [6.07, 6.45) is 0. The summed E-state index contributed by atoms with van der Waals surface area (Å²) in [5, 5.41) is 3.10. The number of benzene rings is 1. The lowest BCUT2D eigenvalue weighted by Crippen LogP contribution is -2.29. The lowest BCUT2D eigenvalue weighted by Gasteiger charge is -2.14. The second-order valence-electron chi connectivity index (χ2n) is 4.46. The largest absolute Gasteiger partial charge is 0.486 e. The first-order valence-corrected chi connectivity index (χ1v) is 7.62. The van der Waals surface area contributed by atoms with Crippen molar-refractivity contribution in [3.63, 3.8) is 0 Å². The van der Waals surface area contributed by atoms with Crippen molar-refractivity contribution in [2.75, 3.05) is 38.5 Å². The lowest BCUT2D eigenvalue weighted by atomic mass is 10.3. The number of aliphatic imine (C=N–C) groups is 1. The number of amidine groups is 1. The molecule has 1 heterocycles. The molecule has 1 aliphatic rings. The summed E-state index contributed by atoms with van der Waals surface area (Å²) in [4.78, 5) is 4.22. The maximum atomic E-state index is 11.7. The van der Waals surface area contributed by atoms with Crippen molar-refractivity contribution in [1.29, 1.82) is 0 Å². The summed E-state index contributed by atoms with van der Waals surface area (Å²) < 4.78 is 32.6. The molecular formula is C12H18N4O3S. The van der Waals surface area contributed by atoms with Gasteiger partial charge >= 0.3 is 10.2 Å². The summed E-state index contributed by atoms with van der Waals surface area (Å²) >= 11 is 0. The van der Waals surface area contributed by atoms with E-state index < -0.39 is 10.2 Å². The van der Waals surface area contributed by atoms with E-state index in [-0.39, 0.29) is 0 Å². The van der Waals surface area contributed by atoms with Gasteiger partial charge in [0.15, 0.2) is 0 Å². The Morgan fingerprint density at radius 2 is 2.25 bits per heavy atom. The number of nitrogens with zero attached hydrogens (tertiary/aromatic N) is 2. The molecule has 7 nitrogen and oxygen atoms in total. The zero-order chi connectivity index (χ0) is 14.6. The average molecular weight is 298 g/mol. The van der Waals surface area contributed by atoms with E-state index in [0.29, 0.717) is 18.0 Å². The van der Waals surface area contributed by atoms with Gasteiger partial charge in [0.05, 0.1) is 12.2 Å². The van der Waals surface area contributed by atoms with Gasteiger partial charge in [-0.3, -0.25) is 9.71 Å². The molecule has 1 aliphatic heterocycles. The van der Waals surface area contributed by atoms with Crippen LogP contribution in [0.5, 0.6) is 5.75 Å². The topological polar surface area (TPSA) is 83.0 Å². The van der Waals surface area contributed by atoms with E-state index in [4.69, 9.17) is 4.74 Å². The Kier molecular flexibility index (Phi) is 4.46. The van der Waals surface area contributed by atoms with Gasteiger partial charge in [-0.15, -0.1) is 0 Å². The van der Waals surface area contributed by atoms with Crippen LogP contribution in [0.15, 0.2) is 29.3 Å². The Morgan fingerprint density at radius 1 is 1.45 bits per heavy atom. The number of hydrogen-bond acceptors (Lipinski definition) is 5. The molecule has 0 aromatic heterocycles. The number of anilines is 1. The average Bonchev–Trinajstić information content (AvgIpc) is 2.89. The molecule has 20 heavy (non-hydrogen) atoms. The molecule has 0 amide bonds. The van der Waals surface area contributed by atoms with Crippen LogP contribution in [0.1, 0.15) is 0 Å². The van der Waals surface area contributed by atoms with Crippen molar-refractivity contribution in [3.05, 3.63) is 24.3 Å². The van der Waals surface area contributed by atoms with Crippen LogP contribution in [0.25, 0.3) is 0 Å². The van der Waals surface area contributed by atoms with Gasteiger partial charge in [-0.05, 0) is 12.1 Å². The second kappa shape index (κ2) is 6.10. The normalized spacial score (nSPS) is 14.8. The number of nitrogens with one attached hydrogen (secondary N) is 2. The zero-order valence-electron chi connectivity index (χ0n) is 11.5. The predicted octanol–water partition coefficient (Wildman–Crippen LogP) is 0.285. The van der Waals surface area contributed by atoms with Gasteiger partial charge in [0, 0.05) is 26.7 Å². The Morgan fingerprint density at radius 3 is 2.90 bits per heavy atom. The summed E-state index contributed by atoms with van der Waals surface area (Å²) in [5.74, 6) is 1.39. The maximum Gasteiger partial charge on any atom is 0.301 e. The van der Waals surface area contributed by atoms with Crippen LogP contribution in [0.3, 0.4) is 0 Å². The molecule has 0 spiro atoms. The Balaban J connectivity index is 2.00. The summed E-state index contributed by atoms with van der Waals surface area (Å²) in [6, 6.07) is 6.80. The molecule has 0 fully saturated rings. The first-order chi connectivity index (χ1) is 9.47. The quantitative estimate of drug-likeness (QED) is 0.790. The highest BCUT2D eigenvalue weighted by atomic mass is 32.2. The molecule has 2 N–H and O–H groups in total. The van der Waals surface area contributed by atoms with E-state index in [1.165, 1.54) is 14.1 Å². The number of ether oxygens (including phenoxy) is 1. The van der Waals surface area contributed by atoms with E-state index in [2.05, 4.69) is 15.0 Å². The minimum absolute atomic E-state index is 0.351. The third-order valence-electron chi connectivity index (χ3n) is 2.68. The fraction of sp³-hybridized carbons (Fsp3) is 0.417. The van der Waals surface area contributed by atoms with Crippen molar-refractivity contribution in [1.82, 2.24) is 9.62 Å². The standard InChI is InChI=1S/C12H18N4O3S/c1-16(2)20(17,18)15-10-4-3-5-11(8-10)19-9-12-13-6-7-14-12/h3-5,8,15H,6-7,9H2,1-2H3,(H,13,14). The van der Waals surface area contributed by atoms with Gasteiger partial charge in [0.2, 0.25) is 0 Å². The first-order valence-electron chi connectivity index (χ1n) is 6.18. The van der Waals surface area contributed by atoms with E-state index in [1.54, 1.807) is 24.3 Å². The molecule has 0 aliphatic carbocycles. The maximum absolute atomic E-state index is 11.7. The van der Waals surface area contributed by atoms with Gasteiger partial charge in [0.1, 0.15) is 18.2 Å². The first kappa shape index (κ1) is 14.6. The van der Waals surface area contributed by atoms with Crippen LogP contribution >= 0.6 is 0 Å². The highest BCUT2D eigenvalue weighted by Gasteiger charge is 2.13. The Labute approximate surface area is 118 Å². The third kappa shape index (κ3) is 3.84. The minimum atomic E-state index is -3.51.